The summed E-state index contributed by atoms with van der Waals surface area (Å²) >= 11 is 0. The van der Waals surface area contributed by atoms with E-state index in [0.29, 0.717) is 29.0 Å². The van der Waals surface area contributed by atoms with Gasteiger partial charge in [-0.1, -0.05) is 24.8 Å². The molecular formula is C25H20FN5. The molecule has 0 saturated heterocycles. The lowest BCUT2D eigenvalue weighted by Gasteiger charge is -2.10. The van der Waals surface area contributed by atoms with Gasteiger partial charge in [0.25, 0.3) is 0 Å². The van der Waals surface area contributed by atoms with Crippen LogP contribution in [0.15, 0.2) is 73.7 Å². The van der Waals surface area contributed by atoms with Crippen molar-refractivity contribution in [1.29, 1.82) is 0 Å². The van der Waals surface area contributed by atoms with Crippen LogP contribution in [0.25, 0.3) is 39.0 Å². The average Bonchev–Trinajstić information content (AvgIpc) is 3.16. The molecule has 0 aliphatic heterocycles. The van der Waals surface area contributed by atoms with Gasteiger partial charge in [0.1, 0.15) is 11.3 Å². The predicted octanol–water partition coefficient (Wildman–Crippen LogP) is 5.07. The Morgan fingerprint density at radius 1 is 1.06 bits per heavy atom. The molecule has 0 bridgehead atoms. The van der Waals surface area contributed by atoms with Gasteiger partial charge in [-0.05, 0) is 48.4 Å². The fraction of sp³-hybridized carbons (Fsp3) is 0.0800. The standard InChI is InChI=1S/C25H20FN5/c1-15-10-18(5-6-20(15)16(2)27)22-7-8-23-25(30-22)31(14-29-23)13-19-11-17-4-3-9-28-24(17)12-21(19)26/h3-12,14H,2,13,27H2,1H3. The molecule has 3 heterocycles. The number of nitrogens with zero attached hydrogens (tertiary/aromatic N) is 4. The van der Waals surface area contributed by atoms with Crippen molar-refractivity contribution in [3.8, 4) is 11.3 Å². The lowest BCUT2D eigenvalue weighted by atomic mass is 10.0. The Hall–Kier alpha value is -4.06. The van der Waals surface area contributed by atoms with E-state index in [0.717, 1.165) is 33.3 Å². The molecule has 2 N–H and O–H groups in total. The third-order valence-electron chi connectivity index (χ3n) is 5.44. The highest BCUT2D eigenvalue weighted by Crippen LogP contribution is 2.25. The van der Waals surface area contributed by atoms with Gasteiger partial charge in [-0.3, -0.25) is 4.98 Å². The van der Waals surface area contributed by atoms with E-state index >= 15 is 0 Å². The molecule has 0 aliphatic carbocycles. The first kappa shape index (κ1) is 18.9. The van der Waals surface area contributed by atoms with Gasteiger partial charge < -0.3 is 10.3 Å². The number of hydrogen-bond donors (Lipinski definition) is 1. The summed E-state index contributed by atoms with van der Waals surface area (Å²) in [6.07, 6.45) is 3.36. The van der Waals surface area contributed by atoms with E-state index in [-0.39, 0.29) is 5.82 Å². The summed E-state index contributed by atoms with van der Waals surface area (Å²) in [6, 6.07) is 16.9. The maximum absolute atomic E-state index is 14.7. The minimum atomic E-state index is -0.294. The Balaban J connectivity index is 1.55. The highest BCUT2D eigenvalue weighted by atomic mass is 19.1. The Kier molecular flexibility index (Phi) is 4.47. The molecule has 3 aromatic heterocycles. The van der Waals surface area contributed by atoms with Gasteiger partial charge in [0.2, 0.25) is 0 Å². The number of hydrogen-bond acceptors (Lipinski definition) is 4. The topological polar surface area (TPSA) is 69.6 Å². The van der Waals surface area contributed by atoms with Gasteiger partial charge in [0.15, 0.2) is 5.65 Å². The first-order valence-electron chi connectivity index (χ1n) is 9.90. The minimum Gasteiger partial charge on any atom is -0.399 e. The van der Waals surface area contributed by atoms with Crippen LogP contribution in [0, 0.1) is 12.7 Å². The predicted molar refractivity (Wildman–Crippen MR) is 122 cm³/mol. The molecule has 0 radical (unpaired) electrons. The van der Waals surface area contributed by atoms with Gasteiger partial charge >= 0.3 is 0 Å². The first-order chi connectivity index (χ1) is 15.0. The van der Waals surface area contributed by atoms with Gasteiger partial charge in [-0.25, -0.2) is 14.4 Å². The van der Waals surface area contributed by atoms with Crippen LogP contribution in [0.3, 0.4) is 0 Å². The molecule has 2 aromatic carbocycles. The SMILES string of the molecule is C=C(N)c1ccc(-c2ccc3ncn(Cc4cc5cccnc5cc4F)c3n2)cc1C. The molecule has 6 heteroatoms. The highest BCUT2D eigenvalue weighted by Gasteiger charge is 2.12. The second-order valence-corrected chi connectivity index (χ2v) is 7.61. The number of fused-ring (bicyclic) bond motifs is 2. The van der Waals surface area contributed by atoms with Crippen molar-refractivity contribution in [2.75, 3.05) is 0 Å². The van der Waals surface area contributed by atoms with Crippen molar-refractivity contribution >= 4 is 27.8 Å². The maximum atomic E-state index is 14.7. The van der Waals surface area contributed by atoms with Crippen LogP contribution < -0.4 is 5.73 Å². The van der Waals surface area contributed by atoms with Crippen LogP contribution in [0.5, 0.6) is 0 Å². The van der Waals surface area contributed by atoms with E-state index in [2.05, 4.69) is 16.5 Å². The van der Waals surface area contributed by atoms with Gasteiger partial charge in [-0.15, -0.1) is 0 Å². The summed E-state index contributed by atoms with van der Waals surface area (Å²) in [6.45, 7) is 6.14. The zero-order chi connectivity index (χ0) is 21.5. The molecule has 152 valence electrons. The molecule has 5 aromatic rings. The molecular weight excluding hydrogens is 389 g/mol. The minimum absolute atomic E-state index is 0.294. The Morgan fingerprint density at radius 2 is 1.94 bits per heavy atom. The molecule has 0 spiro atoms. The number of halogens is 1. The molecule has 0 unspecified atom stereocenters. The molecule has 5 rings (SSSR count). The summed E-state index contributed by atoms with van der Waals surface area (Å²) in [4.78, 5) is 13.5. The van der Waals surface area contributed by atoms with Gasteiger partial charge in [0.05, 0.1) is 24.1 Å². The summed E-state index contributed by atoms with van der Waals surface area (Å²) in [7, 11) is 0. The number of pyridine rings is 2. The maximum Gasteiger partial charge on any atom is 0.160 e. The fourth-order valence-corrected chi connectivity index (χ4v) is 3.85. The largest absolute Gasteiger partial charge is 0.399 e. The third kappa shape index (κ3) is 3.42. The van der Waals surface area contributed by atoms with E-state index in [4.69, 9.17) is 10.7 Å². The van der Waals surface area contributed by atoms with Crippen LogP contribution >= 0.6 is 0 Å². The van der Waals surface area contributed by atoms with Crippen molar-refractivity contribution in [1.82, 2.24) is 19.5 Å². The first-order valence-corrected chi connectivity index (χ1v) is 9.90. The number of nitrogens with two attached hydrogens (primary N) is 1. The second-order valence-electron chi connectivity index (χ2n) is 7.61. The quantitative estimate of drug-likeness (QED) is 0.450. The van der Waals surface area contributed by atoms with Crippen LogP contribution in [-0.2, 0) is 6.54 Å². The Labute approximate surface area is 178 Å². The molecule has 0 aliphatic rings. The molecule has 0 fully saturated rings. The van der Waals surface area contributed by atoms with Crippen molar-refractivity contribution < 1.29 is 4.39 Å². The smallest absolute Gasteiger partial charge is 0.160 e. The average molecular weight is 409 g/mol. The van der Waals surface area contributed by atoms with Crippen molar-refractivity contribution in [3.05, 3.63) is 96.2 Å². The molecule has 31 heavy (non-hydrogen) atoms. The number of rotatable bonds is 4. The van der Waals surface area contributed by atoms with E-state index < -0.39 is 0 Å². The van der Waals surface area contributed by atoms with Gasteiger partial charge in [-0.2, -0.15) is 0 Å². The van der Waals surface area contributed by atoms with E-state index in [1.54, 1.807) is 12.5 Å². The molecule has 5 nitrogen and oxygen atoms in total. The van der Waals surface area contributed by atoms with Crippen LogP contribution in [0.1, 0.15) is 16.7 Å². The van der Waals surface area contributed by atoms with Gasteiger partial charge in [0, 0.05) is 34.5 Å². The molecule has 0 amide bonds. The third-order valence-corrected chi connectivity index (χ3v) is 5.44. The number of benzene rings is 2. The van der Waals surface area contributed by atoms with Crippen LogP contribution in [0.2, 0.25) is 0 Å². The number of imidazole rings is 1. The van der Waals surface area contributed by atoms with E-state index in [9.17, 15) is 4.39 Å². The monoisotopic (exact) mass is 409 g/mol. The number of aromatic nitrogens is 4. The molecule has 0 saturated carbocycles. The van der Waals surface area contributed by atoms with Crippen LogP contribution in [-0.4, -0.2) is 19.5 Å². The zero-order valence-corrected chi connectivity index (χ0v) is 17.0. The summed E-state index contributed by atoms with van der Waals surface area (Å²) in [5.41, 5.74) is 12.8. The summed E-state index contributed by atoms with van der Waals surface area (Å²) < 4.78 is 16.6. The second kappa shape index (κ2) is 7.32. The summed E-state index contributed by atoms with van der Waals surface area (Å²) in [5.74, 6) is -0.294. The molecule has 0 atom stereocenters. The summed E-state index contributed by atoms with van der Waals surface area (Å²) in [5, 5.41) is 0.897. The van der Waals surface area contributed by atoms with E-state index in [1.165, 1.54) is 6.07 Å². The van der Waals surface area contributed by atoms with E-state index in [1.807, 2.05) is 60.0 Å². The van der Waals surface area contributed by atoms with Crippen molar-refractivity contribution in [2.45, 2.75) is 13.5 Å². The van der Waals surface area contributed by atoms with Crippen molar-refractivity contribution in [3.63, 3.8) is 0 Å². The van der Waals surface area contributed by atoms with Crippen LogP contribution in [0.4, 0.5) is 4.39 Å². The highest BCUT2D eigenvalue weighted by molar-refractivity contribution is 5.80. The number of aryl methyl sites for hydroxylation is 1. The lowest BCUT2D eigenvalue weighted by Crippen LogP contribution is -2.02. The normalized spacial score (nSPS) is 11.3. The zero-order valence-electron chi connectivity index (χ0n) is 17.0. The van der Waals surface area contributed by atoms with Crippen molar-refractivity contribution in [2.24, 2.45) is 5.73 Å². The fourth-order valence-electron chi connectivity index (χ4n) is 3.85. The lowest BCUT2D eigenvalue weighted by molar-refractivity contribution is 0.603. The Morgan fingerprint density at radius 3 is 2.74 bits per heavy atom. The Bertz CT molecular complexity index is 1470.